The molecule has 0 radical (unpaired) electrons. The van der Waals surface area contributed by atoms with Crippen LogP contribution >= 0.6 is 0 Å². The van der Waals surface area contributed by atoms with Crippen LogP contribution in [0.25, 0.3) is 0 Å². The molecular formula is C13H16N2O5. The van der Waals surface area contributed by atoms with E-state index in [1.807, 2.05) is 0 Å². The number of para-hydroxylation sites is 2. The Morgan fingerprint density at radius 2 is 2.20 bits per heavy atom. The molecule has 1 aromatic carbocycles. The van der Waals surface area contributed by atoms with Crippen LogP contribution in [0, 0.1) is 0 Å². The zero-order chi connectivity index (χ0) is 14.5. The zero-order valence-electron chi connectivity index (χ0n) is 11.0. The van der Waals surface area contributed by atoms with E-state index in [-0.39, 0.29) is 13.2 Å². The number of carbonyl (C=O) groups excluding carboxylic acids is 1. The summed E-state index contributed by atoms with van der Waals surface area (Å²) >= 11 is 0. The van der Waals surface area contributed by atoms with Crippen molar-refractivity contribution in [3.8, 4) is 5.75 Å². The molecule has 2 rings (SSSR count). The average Bonchev–Trinajstić information content (AvgIpc) is 2.47. The number of urea groups is 1. The maximum atomic E-state index is 12.2. The summed E-state index contributed by atoms with van der Waals surface area (Å²) in [6, 6.07) is 5.48. The van der Waals surface area contributed by atoms with Crippen molar-refractivity contribution < 1.29 is 24.2 Å². The largest absolute Gasteiger partial charge is 0.495 e. The van der Waals surface area contributed by atoms with Crippen LogP contribution in [0.5, 0.6) is 5.75 Å². The Morgan fingerprint density at radius 1 is 1.45 bits per heavy atom. The minimum atomic E-state index is -1.08. The summed E-state index contributed by atoms with van der Waals surface area (Å²) in [6.45, 7) is 0.551. The van der Waals surface area contributed by atoms with Crippen molar-refractivity contribution in [2.75, 3.05) is 32.2 Å². The highest BCUT2D eigenvalue weighted by Crippen LogP contribution is 2.23. The Labute approximate surface area is 116 Å². The van der Waals surface area contributed by atoms with Crippen LogP contribution in [0.4, 0.5) is 10.5 Å². The summed E-state index contributed by atoms with van der Waals surface area (Å²) in [4.78, 5) is 24.6. The SMILES string of the molecule is COc1ccccc1NC(=O)N1CCOCC1C(=O)O. The van der Waals surface area contributed by atoms with Gasteiger partial charge in [-0.2, -0.15) is 0 Å². The van der Waals surface area contributed by atoms with Crippen LogP contribution < -0.4 is 10.1 Å². The first-order valence-corrected chi connectivity index (χ1v) is 6.14. The molecule has 2 amide bonds. The molecule has 7 nitrogen and oxygen atoms in total. The fourth-order valence-electron chi connectivity index (χ4n) is 1.99. The van der Waals surface area contributed by atoms with E-state index in [4.69, 9.17) is 14.6 Å². The van der Waals surface area contributed by atoms with Crippen LogP contribution in [0.1, 0.15) is 0 Å². The third-order valence-electron chi connectivity index (χ3n) is 3.02. The highest BCUT2D eigenvalue weighted by Gasteiger charge is 2.33. The third-order valence-corrected chi connectivity index (χ3v) is 3.02. The van der Waals surface area contributed by atoms with Crippen molar-refractivity contribution in [1.82, 2.24) is 4.90 Å². The Bertz CT molecular complexity index is 505. The minimum absolute atomic E-state index is 0.00528. The van der Waals surface area contributed by atoms with E-state index in [9.17, 15) is 9.59 Å². The summed E-state index contributed by atoms with van der Waals surface area (Å²) in [6.07, 6.45) is 0. The standard InChI is InChI=1S/C13H16N2O5/c1-19-11-5-3-2-4-9(11)14-13(18)15-6-7-20-8-10(15)12(16)17/h2-5,10H,6-8H2,1H3,(H,14,18)(H,16,17). The van der Waals surface area contributed by atoms with Gasteiger partial charge < -0.3 is 24.8 Å². The van der Waals surface area contributed by atoms with Crippen molar-refractivity contribution in [2.24, 2.45) is 0 Å². The van der Waals surface area contributed by atoms with Gasteiger partial charge in [-0.05, 0) is 12.1 Å². The number of nitrogens with zero attached hydrogens (tertiary/aromatic N) is 1. The van der Waals surface area contributed by atoms with Gasteiger partial charge in [-0.25, -0.2) is 9.59 Å². The van der Waals surface area contributed by atoms with E-state index in [1.54, 1.807) is 24.3 Å². The quantitative estimate of drug-likeness (QED) is 0.862. The first-order chi connectivity index (χ1) is 9.63. The number of ether oxygens (including phenoxy) is 2. The van der Waals surface area contributed by atoms with E-state index in [2.05, 4.69) is 5.32 Å². The van der Waals surface area contributed by atoms with Gasteiger partial charge in [0, 0.05) is 6.54 Å². The molecule has 1 heterocycles. The predicted molar refractivity (Wildman–Crippen MR) is 71.0 cm³/mol. The first-order valence-electron chi connectivity index (χ1n) is 6.14. The molecule has 1 aliphatic rings. The number of anilines is 1. The predicted octanol–water partition coefficient (Wildman–Crippen LogP) is 1.01. The van der Waals surface area contributed by atoms with Gasteiger partial charge in [0.2, 0.25) is 0 Å². The van der Waals surface area contributed by atoms with Crippen LogP contribution in [0.3, 0.4) is 0 Å². The van der Waals surface area contributed by atoms with Gasteiger partial charge in [0.25, 0.3) is 0 Å². The van der Waals surface area contributed by atoms with Gasteiger partial charge in [0.1, 0.15) is 5.75 Å². The Morgan fingerprint density at radius 3 is 2.90 bits per heavy atom. The number of benzene rings is 1. The molecule has 1 aliphatic heterocycles. The third kappa shape index (κ3) is 3.00. The van der Waals surface area contributed by atoms with Gasteiger partial charge >= 0.3 is 12.0 Å². The number of rotatable bonds is 3. The monoisotopic (exact) mass is 280 g/mol. The number of amides is 2. The number of aliphatic carboxylic acids is 1. The van der Waals surface area contributed by atoms with E-state index in [0.29, 0.717) is 18.0 Å². The Balaban J connectivity index is 2.12. The fourth-order valence-corrected chi connectivity index (χ4v) is 1.99. The molecule has 20 heavy (non-hydrogen) atoms. The minimum Gasteiger partial charge on any atom is -0.495 e. The van der Waals surface area contributed by atoms with Crippen molar-refractivity contribution in [1.29, 1.82) is 0 Å². The van der Waals surface area contributed by atoms with Gasteiger partial charge in [-0.1, -0.05) is 12.1 Å². The number of morpholine rings is 1. The molecule has 0 bridgehead atoms. The smallest absolute Gasteiger partial charge is 0.328 e. The first kappa shape index (κ1) is 14.1. The fraction of sp³-hybridized carbons (Fsp3) is 0.385. The lowest BCUT2D eigenvalue weighted by Crippen LogP contribution is -2.53. The summed E-state index contributed by atoms with van der Waals surface area (Å²) in [5.74, 6) is -0.569. The summed E-state index contributed by atoms with van der Waals surface area (Å²) < 4.78 is 10.2. The van der Waals surface area contributed by atoms with Gasteiger partial charge in [-0.3, -0.25) is 0 Å². The number of carboxylic acid groups (broad SMARTS) is 1. The van der Waals surface area contributed by atoms with Crippen LogP contribution in [0.2, 0.25) is 0 Å². The second-order valence-corrected chi connectivity index (χ2v) is 4.25. The molecule has 0 aromatic heterocycles. The van der Waals surface area contributed by atoms with Gasteiger partial charge in [-0.15, -0.1) is 0 Å². The van der Waals surface area contributed by atoms with Crippen LogP contribution in [0.15, 0.2) is 24.3 Å². The zero-order valence-corrected chi connectivity index (χ0v) is 11.0. The molecular weight excluding hydrogens is 264 g/mol. The summed E-state index contributed by atoms with van der Waals surface area (Å²) in [5, 5.41) is 11.8. The molecule has 1 saturated heterocycles. The number of nitrogens with one attached hydrogen (secondary N) is 1. The van der Waals surface area contributed by atoms with Crippen molar-refractivity contribution >= 4 is 17.7 Å². The maximum Gasteiger partial charge on any atom is 0.328 e. The maximum absolute atomic E-state index is 12.2. The van der Waals surface area contributed by atoms with Crippen molar-refractivity contribution in [3.63, 3.8) is 0 Å². The summed E-state index contributed by atoms with van der Waals surface area (Å²) in [7, 11) is 1.50. The van der Waals surface area contributed by atoms with E-state index in [1.165, 1.54) is 12.0 Å². The average molecular weight is 280 g/mol. The van der Waals surface area contributed by atoms with Crippen molar-refractivity contribution in [3.05, 3.63) is 24.3 Å². The van der Waals surface area contributed by atoms with E-state index in [0.717, 1.165) is 0 Å². The Kier molecular flexibility index (Phi) is 4.41. The second kappa shape index (κ2) is 6.25. The van der Waals surface area contributed by atoms with Crippen LogP contribution in [-0.4, -0.2) is 54.9 Å². The molecule has 0 spiro atoms. The lowest BCUT2D eigenvalue weighted by Gasteiger charge is -2.32. The molecule has 108 valence electrons. The normalized spacial score (nSPS) is 18.4. The number of carboxylic acids is 1. The number of hydrogen-bond donors (Lipinski definition) is 2. The molecule has 7 heteroatoms. The molecule has 0 aliphatic carbocycles. The molecule has 1 atom stereocenters. The Hall–Kier alpha value is -2.28. The topological polar surface area (TPSA) is 88.1 Å². The summed E-state index contributed by atoms with van der Waals surface area (Å²) in [5.41, 5.74) is 0.496. The van der Waals surface area contributed by atoms with E-state index < -0.39 is 18.0 Å². The van der Waals surface area contributed by atoms with E-state index >= 15 is 0 Å². The highest BCUT2D eigenvalue weighted by molar-refractivity contribution is 5.93. The molecule has 2 N–H and O–H groups in total. The molecule has 1 fully saturated rings. The number of methoxy groups -OCH3 is 1. The number of carbonyl (C=O) groups is 2. The lowest BCUT2D eigenvalue weighted by molar-refractivity contribution is -0.147. The molecule has 1 aromatic rings. The molecule has 0 saturated carbocycles. The molecule has 1 unspecified atom stereocenters. The number of hydrogen-bond acceptors (Lipinski definition) is 4. The second-order valence-electron chi connectivity index (χ2n) is 4.25. The van der Waals surface area contributed by atoms with Crippen LogP contribution in [-0.2, 0) is 9.53 Å². The van der Waals surface area contributed by atoms with Gasteiger partial charge in [0.05, 0.1) is 26.0 Å². The highest BCUT2D eigenvalue weighted by atomic mass is 16.5. The lowest BCUT2D eigenvalue weighted by atomic mass is 10.2. The van der Waals surface area contributed by atoms with Crippen molar-refractivity contribution in [2.45, 2.75) is 6.04 Å². The van der Waals surface area contributed by atoms with Gasteiger partial charge in [0.15, 0.2) is 6.04 Å².